The van der Waals surface area contributed by atoms with E-state index in [2.05, 4.69) is 11.4 Å². The third kappa shape index (κ3) is 3.98. The molecule has 126 valence electrons. The number of rotatable bonds is 5. The van der Waals surface area contributed by atoms with Crippen LogP contribution in [0, 0.1) is 17.1 Å². The molecule has 2 aromatic rings. The van der Waals surface area contributed by atoms with E-state index in [1.165, 1.54) is 35.2 Å². The molecule has 1 fully saturated rings. The van der Waals surface area contributed by atoms with Gasteiger partial charge in [0.1, 0.15) is 5.82 Å². The number of thiophene rings is 1. The van der Waals surface area contributed by atoms with Gasteiger partial charge in [-0.2, -0.15) is 5.26 Å². The summed E-state index contributed by atoms with van der Waals surface area (Å²) in [5.74, 6) is -0.944. The SMILES string of the molecule is N#C/C(=C1\NC(=O)CS1)C(CC(=O)c1cccs1)c1ccc(F)cc1. The summed E-state index contributed by atoms with van der Waals surface area (Å²) in [4.78, 5) is 24.7. The van der Waals surface area contributed by atoms with Crippen LogP contribution in [0.5, 0.6) is 0 Å². The molecule has 0 saturated carbocycles. The second-order valence-corrected chi connectivity index (χ2v) is 7.33. The number of ketones is 1. The Labute approximate surface area is 152 Å². The number of carbonyl (C=O) groups is 2. The molecule has 0 spiro atoms. The quantitative estimate of drug-likeness (QED) is 0.639. The molecule has 0 radical (unpaired) electrons. The maximum atomic E-state index is 13.3. The Hall–Kier alpha value is -2.43. The van der Waals surface area contributed by atoms with Gasteiger partial charge in [-0.15, -0.1) is 11.3 Å². The zero-order chi connectivity index (χ0) is 17.8. The highest BCUT2D eigenvalue weighted by Gasteiger charge is 2.28. The highest BCUT2D eigenvalue weighted by Crippen LogP contribution is 2.35. The van der Waals surface area contributed by atoms with Crippen LogP contribution in [0.1, 0.15) is 27.6 Å². The summed E-state index contributed by atoms with van der Waals surface area (Å²) in [5, 5.41) is 14.6. The van der Waals surface area contributed by atoms with Crippen molar-refractivity contribution in [2.45, 2.75) is 12.3 Å². The van der Waals surface area contributed by atoms with Gasteiger partial charge in [-0.25, -0.2) is 4.39 Å². The van der Waals surface area contributed by atoms with Crippen LogP contribution in [0.25, 0.3) is 0 Å². The largest absolute Gasteiger partial charge is 0.319 e. The minimum Gasteiger partial charge on any atom is -0.319 e. The molecule has 7 heteroatoms. The summed E-state index contributed by atoms with van der Waals surface area (Å²) in [6, 6.07) is 11.4. The second-order valence-electron chi connectivity index (χ2n) is 5.40. The number of halogens is 1. The molecule has 1 aliphatic heterocycles. The molecule has 2 heterocycles. The molecule has 1 atom stereocenters. The lowest BCUT2D eigenvalue weighted by Crippen LogP contribution is -2.18. The molecule has 1 N–H and O–H groups in total. The zero-order valence-corrected chi connectivity index (χ0v) is 14.6. The van der Waals surface area contributed by atoms with Crippen molar-refractivity contribution in [1.82, 2.24) is 5.32 Å². The Bertz CT molecular complexity index is 867. The van der Waals surface area contributed by atoms with Gasteiger partial charge >= 0.3 is 0 Å². The van der Waals surface area contributed by atoms with Gasteiger partial charge in [0.05, 0.1) is 27.3 Å². The molecular weight excluding hydrogens is 359 g/mol. The van der Waals surface area contributed by atoms with E-state index in [0.717, 1.165) is 0 Å². The summed E-state index contributed by atoms with van der Waals surface area (Å²) < 4.78 is 13.3. The molecule has 1 aromatic carbocycles. The fourth-order valence-corrected chi connectivity index (χ4v) is 4.13. The minimum absolute atomic E-state index is 0.0783. The van der Waals surface area contributed by atoms with Gasteiger partial charge in [-0.05, 0) is 29.1 Å². The molecule has 0 bridgehead atoms. The fraction of sp³-hybridized carbons (Fsp3) is 0.167. The molecule has 25 heavy (non-hydrogen) atoms. The Morgan fingerprint density at radius 2 is 2.08 bits per heavy atom. The third-order valence-corrected chi connectivity index (χ3v) is 5.70. The second kappa shape index (κ2) is 7.64. The lowest BCUT2D eigenvalue weighted by molar-refractivity contribution is -0.117. The average Bonchev–Trinajstić information content (AvgIpc) is 3.27. The minimum atomic E-state index is -0.541. The number of nitrogens with zero attached hydrogens (tertiary/aromatic N) is 1. The van der Waals surface area contributed by atoms with Crippen molar-refractivity contribution < 1.29 is 14.0 Å². The highest BCUT2D eigenvalue weighted by atomic mass is 32.2. The number of Topliss-reactive ketones (excluding diaryl/α,β-unsaturated/α-hetero) is 1. The van der Waals surface area contributed by atoms with Crippen LogP contribution in [0.4, 0.5) is 4.39 Å². The van der Waals surface area contributed by atoms with Crippen molar-refractivity contribution in [3.8, 4) is 6.07 Å². The van der Waals surface area contributed by atoms with Crippen molar-refractivity contribution in [2.75, 3.05) is 5.75 Å². The first kappa shape index (κ1) is 17.4. The van der Waals surface area contributed by atoms with Crippen molar-refractivity contribution in [2.24, 2.45) is 0 Å². The number of amides is 1. The van der Waals surface area contributed by atoms with E-state index in [1.807, 2.05) is 5.38 Å². The lowest BCUT2D eigenvalue weighted by Gasteiger charge is -2.17. The molecule has 1 amide bonds. The molecule has 3 rings (SSSR count). The zero-order valence-electron chi connectivity index (χ0n) is 13.0. The first-order valence-electron chi connectivity index (χ1n) is 7.47. The Morgan fingerprint density at radius 1 is 1.32 bits per heavy atom. The Kier molecular flexibility index (Phi) is 5.31. The predicted octanol–water partition coefficient (Wildman–Crippen LogP) is 3.84. The maximum absolute atomic E-state index is 13.3. The van der Waals surface area contributed by atoms with Gasteiger partial charge in [0.25, 0.3) is 0 Å². The van der Waals surface area contributed by atoms with Crippen LogP contribution in [-0.2, 0) is 4.79 Å². The van der Waals surface area contributed by atoms with E-state index in [4.69, 9.17) is 0 Å². The molecule has 0 aliphatic carbocycles. The molecule has 4 nitrogen and oxygen atoms in total. The van der Waals surface area contributed by atoms with E-state index < -0.39 is 5.92 Å². The van der Waals surface area contributed by atoms with Gasteiger partial charge in [-0.3, -0.25) is 9.59 Å². The average molecular weight is 372 g/mol. The number of hydrogen-bond donors (Lipinski definition) is 1. The van der Waals surface area contributed by atoms with Crippen LogP contribution in [0.15, 0.2) is 52.4 Å². The molecule has 1 unspecified atom stereocenters. The Morgan fingerprint density at radius 3 is 2.64 bits per heavy atom. The first-order chi connectivity index (χ1) is 12.1. The fourth-order valence-electron chi connectivity index (χ4n) is 2.57. The van der Waals surface area contributed by atoms with Crippen molar-refractivity contribution >= 4 is 34.8 Å². The van der Waals surface area contributed by atoms with E-state index in [9.17, 15) is 19.2 Å². The highest BCUT2D eigenvalue weighted by molar-refractivity contribution is 8.04. The van der Waals surface area contributed by atoms with Crippen LogP contribution >= 0.6 is 23.1 Å². The number of nitriles is 1. The summed E-state index contributed by atoms with van der Waals surface area (Å²) in [5.41, 5.74) is 0.990. The third-order valence-electron chi connectivity index (χ3n) is 3.77. The van der Waals surface area contributed by atoms with E-state index in [1.54, 1.807) is 24.3 Å². The number of carbonyl (C=O) groups excluding carboxylic acids is 2. The number of allylic oxidation sites excluding steroid dienone is 1. The Balaban J connectivity index is 1.99. The van der Waals surface area contributed by atoms with Gasteiger partial charge in [0.15, 0.2) is 5.78 Å². The number of nitrogens with one attached hydrogen (secondary N) is 1. The van der Waals surface area contributed by atoms with Crippen molar-refractivity contribution in [1.29, 1.82) is 5.26 Å². The summed E-state index contributed by atoms with van der Waals surface area (Å²) in [6.07, 6.45) is 0.0783. The van der Waals surface area contributed by atoms with Crippen LogP contribution < -0.4 is 5.32 Å². The maximum Gasteiger partial charge on any atom is 0.235 e. The smallest absolute Gasteiger partial charge is 0.235 e. The van der Waals surface area contributed by atoms with Gasteiger partial charge in [-0.1, -0.05) is 30.0 Å². The van der Waals surface area contributed by atoms with E-state index >= 15 is 0 Å². The number of benzene rings is 1. The summed E-state index contributed by atoms with van der Waals surface area (Å²) in [6.45, 7) is 0. The molecular formula is C18H13FN2O2S2. The van der Waals surface area contributed by atoms with Crippen molar-refractivity contribution in [3.63, 3.8) is 0 Å². The van der Waals surface area contributed by atoms with E-state index in [-0.39, 0.29) is 29.7 Å². The van der Waals surface area contributed by atoms with Gasteiger partial charge in [0.2, 0.25) is 5.91 Å². The van der Waals surface area contributed by atoms with Gasteiger partial charge < -0.3 is 5.32 Å². The predicted molar refractivity (Wildman–Crippen MR) is 95.6 cm³/mol. The molecule has 1 aliphatic rings. The topological polar surface area (TPSA) is 70.0 Å². The first-order valence-corrected chi connectivity index (χ1v) is 9.34. The van der Waals surface area contributed by atoms with Crippen LogP contribution in [0.2, 0.25) is 0 Å². The van der Waals surface area contributed by atoms with Gasteiger partial charge in [0, 0.05) is 12.3 Å². The molecule has 1 saturated heterocycles. The van der Waals surface area contributed by atoms with E-state index in [0.29, 0.717) is 21.0 Å². The lowest BCUT2D eigenvalue weighted by atomic mass is 9.87. The number of thioether (sulfide) groups is 1. The van der Waals surface area contributed by atoms with Crippen LogP contribution in [0.3, 0.4) is 0 Å². The summed E-state index contributed by atoms with van der Waals surface area (Å²) in [7, 11) is 0. The normalized spacial score (nSPS) is 16.9. The summed E-state index contributed by atoms with van der Waals surface area (Å²) >= 11 is 2.59. The standard InChI is InChI=1S/C18H13FN2O2S2/c19-12-5-3-11(4-6-12)13(8-15(22)16-2-1-7-24-16)14(9-20)18-21-17(23)10-25-18/h1-7,13H,8,10H2,(H,21,23)/b18-14-. The monoisotopic (exact) mass is 372 g/mol. The number of hydrogen-bond acceptors (Lipinski definition) is 5. The molecule has 1 aromatic heterocycles. The van der Waals surface area contributed by atoms with Crippen molar-refractivity contribution in [3.05, 3.63) is 68.6 Å². The van der Waals surface area contributed by atoms with Crippen LogP contribution in [-0.4, -0.2) is 17.4 Å².